The number of nitrogens with zero attached hydrogens (tertiary/aromatic N) is 4. The summed E-state index contributed by atoms with van der Waals surface area (Å²) in [4.78, 5) is 35.7. The number of thioether (sulfide) groups is 1. The summed E-state index contributed by atoms with van der Waals surface area (Å²) >= 11 is 7.47. The van der Waals surface area contributed by atoms with Gasteiger partial charge in [-0.1, -0.05) is 29.8 Å². The lowest BCUT2D eigenvalue weighted by atomic mass is 10.2. The second kappa shape index (κ2) is 8.87. The number of amidine groups is 1. The number of para-hydroxylation sites is 1. The molecule has 0 unspecified atom stereocenters. The molecule has 0 atom stereocenters. The number of halogens is 1. The van der Waals surface area contributed by atoms with Crippen molar-refractivity contribution < 1.29 is 4.79 Å². The SMILES string of the molecule is Cc1c(Cl)cccc1N=C1NC(=O)C(=Cc2cc(C)n(-n3c(C)nc4ccccc4c3=O)c2C)S1. The number of aryl methyl sites for hydroxylation is 2. The van der Waals surface area contributed by atoms with Crippen LogP contribution in [0.2, 0.25) is 5.02 Å². The normalized spacial score (nSPS) is 16.0. The van der Waals surface area contributed by atoms with E-state index < -0.39 is 0 Å². The monoisotopic (exact) mass is 503 g/mol. The number of nitrogens with one attached hydrogen (secondary N) is 1. The van der Waals surface area contributed by atoms with Crippen LogP contribution in [0, 0.1) is 27.7 Å². The van der Waals surface area contributed by atoms with Crippen LogP contribution >= 0.6 is 23.4 Å². The van der Waals surface area contributed by atoms with E-state index in [1.54, 1.807) is 16.8 Å². The van der Waals surface area contributed by atoms with Gasteiger partial charge in [-0.3, -0.25) is 14.3 Å². The van der Waals surface area contributed by atoms with Gasteiger partial charge >= 0.3 is 0 Å². The minimum absolute atomic E-state index is 0.145. The molecule has 3 heterocycles. The van der Waals surface area contributed by atoms with Crippen LogP contribution in [0.15, 0.2) is 63.2 Å². The molecule has 7 nitrogen and oxygen atoms in total. The van der Waals surface area contributed by atoms with Crippen LogP contribution in [-0.4, -0.2) is 25.4 Å². The van der Waals surface area contributed by atoms with Crippen molar-refractivity contribution in [1.82, 2.24) is 19.7 Å². The maximum atomic E-state index is 13.3. The fourth-order valence-corrected chi connectivity index (χ4v) is 5.15. The molecular formula is C26H22ClN5O2S. The van der Waals surface area contributed by atoms with Gasteiger partial charge < -0.3 is 5.32 Å². The van der Waals surface area contributed by atoms with E-state index in [0.29, 0.717) is 37.5 Å². The molecule has 0 radical (unpaired) electrons. The molecule has 0 spiro atoms. The van der Waals surface area contributed by atoms with Crippen molar-refractivity contribution in [3.63, 3.8) is 0 Å². The van der Waals surface area contributed by atoms with Crippen LogP contribution < -0.4 is 10.9 Å². The maximum Gasteiger partial charge on any atom is 0.280 e. The number of carbonyl (C=O) groups excluding carboxylic acids is 1. The van der Waals surface area contributed by atoms with E-state index in [2.05, 4.69) is 15.3 Å². The topological polar surface area (TPSA) is 81.3 Å². The molecule has 35 heavy (non-hydrogen) atoms. The Labute approximate surface area is 211 Å². The molecule has 2 aromatic carbocycles. The van der Waals surface area contributed by atoms with Gasteiger partial charge in [0.25, 0.3) is 11.5 Å². The van der Waals surface area contributed by atoms with Crippen molar-refractivity contribution in [2.24, 2.45) is 4.99 Å². The first kappa shape index (κ1) is 23.1. The minimum atomic E-state index is -0.223. The summed E-state index contributed by atoms with van der Waals surface area (Å²) in [7, 11) is 0. The molecule has 1 aliphatic heterocycles. The number of carbonyl (C=O) groups is 1. The number of fused-ring (bicyclic) bond motifs is 1. The Morgan fingerprint density at radius 2 is 1.80 bits per heavy atom. The zero-order chi connectivity index (χ0) is 24.9. The van der Waals surface area contributed by atoms with Gasteiger partial charge in [-0.15, -0.1) is 0 Å². The Morgan fingerprint density at radius 3 is 2.60 bits per heavy atom. The smallest absolute Gasteiger partial charge is 0.280 e. The van der Waals surface area contributed by atoms with Crippen LogP contribution in [0.1, 0.15) is 28.3 Å². The molecule has 1 N–H and O–H groups in total. The Balaban J connectivity index is 1.54. The summed E-state index contributed by atoms with van der Waals surface area (Å²) in [5.74, 6) is 0.355. The lowest BCUT2D eigenvalue weighted by Crippen LogP contribution is -2.30. The molecule has 0 bridgehead atoms. The van der Waals surface area contributed by atoms with Crippen molar-refractivity contribution >= 4 is 57.1 Å². The molecule has 1 saturated heterocycles. The highest BCUT2D eigenvalue weighted by Gasteiger charge is 2.25. The Kier molecular flexibility index (Phi) is 5.86. The van der Waals surface area contributed by atoms with Crippen molar-refractivity contribution in [3.05, 3.63) is 97.2 Å². The van der Waals surface area contributed by atoms with Crippen molar-refractivity contribution in [2.45, 2.75) is 27.7 Å². The summed E-state index contributed by atoms with van der Waals surface area (Å²) < 4.78 is 3.41. The number of rotatable bonds is 3. The van der Waals surface area contributed by atoms with Gasteiger partial charge in [0.2, 0.25) is 0 Å². The van der Waals surface area contributed by atoms with E-state index in [1.165, 1.54) is 11.8 Å². The summed E-state index contributed by atoms with van der Waals surface area (Å²) in [5, 5.41) is 4.49. The molecule has 0 aliphatic carbocycles. The van der Waals surface area contributed by atoms with E-state index in [9.17, 15) is 9.59 Å². The number of aromatic nitrogens is 3. The summed E-state index contributed by atoms with van der Waals surface area (Å²) in [6, 6.07) is 14.7. The first-order valence-electron chi connectivity index (χ1n) is 11.0. The molecule has 1 amide bonds. The lowest BCUT2D eigenvalue weighted by molar-refractivity contribution is -0.115. The zero-order valence-electron chi connectivity index (χ0n) is 19.6. The first-order chi connectivity index (χ1) is 16.7. The number of amides is 1. The third-order valence-corrected chi connectivity index (χ3v) is 7.27. The third kappa shape index (κ3) is 4.09. The van der Waals surface area contributed by atoms with Gasteiger partial charge in [0, 0.05) is 16.4 Å². The van der Waals surface area contributed by atoms with Gasteiger partial charge in [-0.25, -0.2) is 9.98 Å². The number of aliphatic imine (C=N–C) groups is 1. The van der Waals surface area contributed by atoms with Gasteiger partial charge in [0.15, 0.2) is 5.17 Å². The highest BCUT2D eigenvalue weighted by molar-refractivity contribution is 8.18. The highest BCUT2D eigenvalue weighted by Crippen LogP contribution is 2.32. The number of hydrogen-bond acceptors (Lipinski definition) is 5. The zero-order valence-corrected chi connectivity index (χ0v) is 21.2. The third-order valence-electron chi connectivity index (χ3n) is 5.95. The predicted molar refractivity (Wildman–Crippen MR) is 142 cm³/mol. The van der Waals surface area contributed by atoms with Gasteiger partial charge in [-0.05, 0) is 87.0 Å². The Hall–Kier alpha value is -3.62. The fourth-order valence-electron chi connectivity index (χ4n) is 4.15. The van der Waals surface area contributed by atoms with Gasteiger partial charge in [-0.2, -0.15) is 4.68 Å². The molecule has 5 rings (SSSR count). The van der Waals surface area contributed by atoms with Crippen molar-refractivity contribution in [3.8, 4) is 0 Å². The predicted octanol–water partition coefficient (Wildman–Crippen LogP) is 5.29. The molecule has 1 fully saturated rings. The summed E-state index contributed by atoms with van der Waals surface area (Å²) in [5.41, 5.74) is 4.58. The van der Waals surface area contributed by atoms with Crippen LogP contribution in [0.5, 0.6) is 0 Å². The lowest BCUT2D eigenvalue weighted by Gasteiger charge is -2.16. The van der Waals surface area contributed by atoms with Gasteiger partial charge in [0.1, 0.15) is 5.82 Å². The van der Waals surface area contributed by atoms with Crippen LogP contribution in [0.4, 0.5) is 5.69 Å². The molecule has 176 valence electrons. The molecule has 4 aromatic rings. The standard InChI is InChI=1S/C26H22ClN5O2S/c1-14-12-18(13-23-24(33)30-26(35-23)29-21-11-7-9-20(27)15(21)2)16(3)31(14)32-17(4)28-22-10-6-5-8-19(22)25(32)34/h5-13H,1-4H3,(H,29,30,33). The fraction of sp³-hybridized carbons (Fsp3) is 0.154. The first-order valence-corrected chi connectivity index (χ1v) is 12.2. The van der Waals surface area contributed by atoms with Crippen LogP contribution in [0.3, 0.4) is 0 Å². The second-order valence-electron chi connectivity index (χ2n) is 8.30. The maximum absolute atomic E-state index is 13.3. The summed E-state index contributed by atoms with van der Waals surface area (Å²) in [6.07, 6.45) is 1.82. The van der Waals surface area contributed by atoms with E-state index in [4.69, 9.17) is 11.6 Å². The molecule has 0 saturated carbocycles. The average Bonchev–Trinajstić information content (AvgIpc) is 3.30. The second-order valence-corrected chi connectivity index (χ2v) is 9.73. The molecular weight excluding hydrogens is 482 g/mol. The average molecular weight is 504 g/mol. The van der Waals surface area contributed by atoms with E-state index in [0.717, 1.165) is 22.5 Å². The van der Waals surface area contributed by atoms with Crippen molar-refractivity contribution in [2.75, 3.05) is 0 Å². The molecule has 2 aromatic heterocycles. The number of benzene rings is 2. The van der Waals surface area contributed by atoms with Gasteiger partial charge in [0.05, 0.1) is 21.5 Å². The van der Waals surface area contributed by atoms with E-state index in [-0.39, 0.29) is 11.5 Å². The minimum Gasteiger partial charge on any atom is -0.300 e. The molecule has 9 heteroatoms. The Morgan fingerprint density at radius 1 is 1.03 bits per heavy atom. The van der Waals surface area contributed by atoms with E-state index >= 15 is 0 Å². The molecule has 1 aliphatic rings. The van der Waals surface area contributed by atoms with Crippen molar-refractivity contribution in [1.29, 1.82) is 0 Å². The Bertz CT molecular complexity index is 1650. The number of hydrogen-bond donors (Lipinski definition) is 1. The summed E-state index contributed by atoms with van der Waals surface area (Å²) in [6.45, 7) is 7.54. The van der Waals surface area contributed by atoms with Crippen LogP contribution in [-0.2, 0) is 4.79 Å². The largest absolute Gasteiger partial charge is 0.300 e. The quantitative estimate of drug-likeness (QED) is 0.385. The van der Waals surface area contributed by atoms with Crippen LogP contribution in [0.25, 0.3) is 17.0 Å². The van der Waals surface area contributed by atoms with E-state index in [1.807, 2.05) is 74.8 Å². The highest BCUT2D eigenvalue weighted by atomic mass is 35.5.